The van der Waals surface area contributed by atoms with Crippen LogP contribution in [-0.4, -0.2) is 633 Å². The molecule has 12 rings (SSSR count). The number of nitrogens with one attached hydrogen (secondary N) is 4. The normalized spacial score (nSPS) is 50.4. The highest BCUT2D eigenvalue weighted by molar-refractivity contribution is 5.74. The molecule has 0 saturated carbocycles. The summed E-state index contributed by atoms with van der Waals surface area (Å²) in [5.74, 6) is -4.16. The van der Waals surface area contributed by atoms with Crippen LogP contribution in [0.5, 0.6) is 0 Å². The Kier molecular flexibility index (Phi) is 42.4. The van der Waals surface area contributed by atoms with Gasteiger partial charge in [-0.15, -0.1) is 0 Å². The van der Waals surface area contributed by atoms with Gasteiger partial charge in [0.25, 0.3) is 0 Å². The lowest BCUT2D eigenvalue weighted by Gasteiger charge is -2.52. The molecule has 0 aromatic carbocycles. The Bertz CT molecular complexity index is 3980. The third-order valence-corrected chi connectivity index (χ3v) is 26.6. The highest BCUT2D eigenvalue weighted by Gasteiger charge is 2.64. The van der Waals surface area contributed by atoms with E-state index in [1.54, 1.807) is 0 Å². The van der Waals surface area contributed by atoms with Crippen molar-refractivity contribution in [2.24, 2.45) is 0 Å². The van der Waals surface area contributed by atoms with Crippen LogP contribution in [0.4, 0.5) is 0 Å². The zero-order valence-electron chi connectivity index (χ0n) is 77.2. The van der Waals surface area contributed by atoms with Gasteiger partial charge in [-0.25, -0.2) is 0 Å². The molecular weight excluding hydrogens is 1980 g/mol. The van der Waals surface area contributed by atoms with Crippen LogP contribution in [0.3, 0.4) is 0 Å². The minimum atomic E-state index is -2.80. The van der Waals surface area contributed by atoms with E-state index in [2.05, 4.69) is 21.3 Å². The molecule has 37 N–H and O–H groups in total. The fourth-order valence-electron chi connectivity index (χ4n) is 18.8. The summed E-state index contributed by atoms with van der Waals surface area (Å²) in [6, 6.07) is -8.34. The maximum atomic E-state index is 13.5. The highest BCUT2D eigenvalue weighted by atomic mass is 16.8. The smallest absolute Gasteiger partial charge is 0.217 e. The predicted molar refractivity (Wildman–Crippen MR) is 440 cm³/mol. The van der Waals surface area contributed by atoms with E-state index in [0.717, 1.165) is 27.7 Å². The van der Waals surface area contributed by atoms with Crippen molar-refractivity contribution in [2.75, 3.05) is 72.7 Å². The molecule has 0 spiro atoms. The van der Waals surface area contributed by atoms with Crippen molar-refractivity contribution in [2.45, 2.75) is 403 Å². The number of carbonyl (C=O) groups excluding carboxylic acids is 4. The standard InChI is InChI=1S/C80H134N4O60/c1-17-37(98)47(108)54(115)74(124-17)122-16-32-65(52(113)53(114)69(121)125-32)137-71-34(82-19(3)95)44(105)63(29(13-92)131-71)141-78-59(120)66(42(103)31(135-78)15-123-79-67(51(112)41(102)25(9-88)129-79)143-72-35(83-20(4)96)45(106)61(27(11-90)132-72)139-76-56(117)49(110)39(100)23(7-86)127-76)142-80-68(144-73-36(84-21(5)97)46(107)62(28(12-91)133-73)140-77-57(118)50(111)40(101)24(8-87)128-77)58(119)64(30(14-93)134-80)136-70-33(81-18(2)94)43(104)60(26(10-89)130-70)138-75-55(116)48(109)38(99)22(6-85)126-75/h17,22-80,85-93,98-121H,6-16H2,1-5H3,(H,81,94)(H,82,95)(H,83,96)(H,84,97)/t17-,22+,23+,24+,25+,26+,27+,28+,29+,30+,31+,32+,33+,34+,35+,36+,37+,38-,39-,40-,41+,42+,43+,44+,45+,46+,47+,48-,49-,50-,51-,52+,53+,54-,55+,56+,57+,58-,59-,60+,61+,62+,63+,64+,65+,66-,67-,68-,69?,70-,71-,72-,73-,74+,75-,76-,77-,78-,79-,80+/m0/s1. The molecule has 12 heterocycles. The lowest BCUT2D eigenvalue weighted by Crippen LogP contribution is -2.71. The number of ether oxygens (including phenoxy) is 23. The molecule has 12 aliphatic heterocycles. The third-order valence-electron chi connectivity index (χ3n) is 26.6. The second-order valence-corrected chi connectivity index (χ2v) is 36.6. The second kappa shape index (κ2) is 51.6. The number of hydrogen-bond donors (Lipinski definition) is 37. The lowest BCUT2D eigenvalue weighted by atomic mass is 9.93. The van der Waals surface area contributed by atoms with Crippen molar-refractivity contribution in [3.63, 3.8) is 0 Å². The van der Waals surface area contributed by atoms with Crippen molar-refractivity contribution in [3.05, 3.63) is 0 Å². The zero-order chi connectivity index (χ0) is 106. The summed E-state index contributed by atoms with van der Waals surface area (Å²) in [6.45, 7) is -8.19. The summed E-state index contributed by atoms with van der Waals surface area (Å²) in [6.07, 6.45) is -121. The molecule has 4 amide bonds. The zero-order valence-corrected chi connectivity index (χ0v) is 77.2. The van der Waals surface area contributed by atoms with E-state index in [-0.39, 0.29) is 0 Å². The molecule has 64 heteroatoms. The number of aliphatic hydroxyl groups excluding tert-OH is 33. The van der Waals surface area contributed by atoms with E-state index in [1.807, 2.05) is 0 Å². The van der Waals surface area contributed by atoms with Crippen molar-refractivity contribution in [1.82, 2.24) is 21.3 Å². The molecule has 0 aliphatic carbocycles. The van der Waals surface area contributed by atoms with Crippen LogP contribution >= 0.6 is 0 Å². The van der Waals surface area contributed by atoms with Crippen LogP contribution in [0.1, 0.15) is 34.6 Å². The molecule has 144 heavy (non-hydrogen) atoms. The minimum absolute atomic E-state index is 0.857. The molecule has 60 atom stereocenters. The molecule has 0 radical (unpaired) electrons. The highest BCUT2D eigenvalue weighted by Crippen LogP contribution is 2.43. The van der Waals surface area contributed by atoms with Crippen LogP contribution in [0, 0.1) is 0 Å². The number of hydrogen-bond acceptors (Lipinski definition) is 60. The molecule has 1 unspecified atom stereocenters. The fourth-order valence-corrected chi connectivity index (χ4v) is 18.8. The number of rotatable bonds is 37. The molecule has 12 fully saturated rings. The van der Waals surface area contributed by atoms with Crippen LogP contribution in [-0.2, 0) is 128 Å². The molecule has 834 valence electrons. The Morgan fingerprint density at radius 2 is 0.431 bits per heavy atom. The summed E-state index contributed by atoms with van der Waals surface area (Å²) < 4.78 is 138. The molecule has 64 nitrogen and oxygen atoms in total. The molecule has 12 saturated heterocycles. The lowest BCUT2D eigenvalue weighted by molar-refractivity contribution is -0.407. The third kappa shape index (κ3) is 25.8. The van der Waals surface area contributed by atoms with Crippen molar-refractivity contribution >= 4 is 23.6 Å². The van der Waals surface area contributed by atoms with Gasteiger partial charge < -0.3 is 299 Å². The van der Waals surface area contributed by atoms with E-state index in [9.17, 15) is 188 Å². The first-order valence-corrected chi connectivity index (χ1v) is 46.0. The number of aliphatic hydroxyl groups is 33. The Morgan fingerprint density at radius 1 is 0.194 bits per heavy atom. The Labute approximate surface area is 814 Å². The quantitative estimate of drug-likeness (QED) is 0.0275. The number of carbonyl (C=O) groups is 4. The first kappa shape index (κ1) is 118. The van der Waals surface area contributed by atoms with E-state index in [0.29, 0.717) is 0 Å². The summed E-state index contributed by atoms with van der Waals surface area (Å²) in [5.41, 5.74) is 0. The van der Waals surface area contributed by atoms with Crippen LogP contribution in [0.15, 0.2) is 0 Å². The van der Waals surface area contributed by atoms with Gasteiger partial charge in [0.15, 0.2) is 75.5 Å². The van der Waals surface area contributed by atoms with Crippen molar-refractivity contribution < 1.29 is 297 Å². The largest absolute Gasteiger partial charge is 0.394 e. The van der Waals surface area contributed by atoms with Gasteiger partial charge in [0.2, 0.25) is 23.6 Å². The first-order chi connectivity index (χ1) is 68.1. The average Bonchev–Trinajstić information content (AvgIpc) is 0.685. The van der Waals surface area contributed by atoms with Crippen molar-refractivity contribution in [3.8, 4) is 0 Å². The van der Waals surface area contributed by atoms with Gasteiger partial charge in [0, 0.05) is 27.7 Å². The fraction of sp³-hybridized carbons (Fsp3) is 0.950. The van der Waals surface area contributed by atoms with E-state index in [4.69, 9.17) is 109 Å². The van der Waals surface area contributed by atoms with Gasteiger partial charge >= 0.3 is 0 Å². The van der Waals surface area contributed by atoms with E-state index < -0.39 is 465 Å². The maximum Gasteiger partial charge on any atom is 0.217 e. The van der Waals surface area contributed by atoms with Gasteiger partial charge in [0.1, 0.15) is 287 Å². The monoisotopic (exact) mass is 2110 g/mol. The van der Waals surface area contributed by atoms with Gasteiger partial charge in [-0.3, -0.25) is 19.2 Å². The van der Waals surface area contributed by atoms with Gasteiger partial charge in [-0.2, -0.15) is 0 Å². The first-order valence-electron chi connectivity index (χ1n) is 46.0. The summed E-state index contributed by atoms with van der Waals surface area (Å²) in [5, 5.41) is 381. The van der Waals surface area contributed by atoms with Gasteiger partial charge in [-0.1, -0.05) is 0 Å². The number of amides is 4. The van der Waals surface area contributed by atoms with E-state index >= 15 is 0 Å². The molecule has 0 aromatic heterocycles. The topological polar surface area (TPSA) is 996 Å². The van der Waals surface area contributed by atoms with Gasteiger partial charge in [-0.05, 0) is 6.92 Å². The van der Waals surface area contributed by atoms with Crippen LogP contribution in [0.25, 0.3) is 0 Å². The Balaban J connectivity index is 0.921. The predicted octanol–water partition coefficient (Wildman–Crippen LogP) is -25.6. The second-order valence-electron chi connectivity index (χ2n) is 36.6. The SMILES string of the molecule is CC(=O)N[C@H]1[C@H](O[C@H]2[C@H](O)[C@@H](O)C(O)O[C@@H]2CO[C@@H]2O[C@@H](C)[C@@H](O)[C@@H](O)[C@@H]2O)O[C@H](CO)[C@@H](O[C@@H]2O[C@H](CO[C@H]3O[C@H](CO)[C@@H](O)[C@H](O)[C@@H]3O[C@@H]3O[C@H](CO)[C@@H](O[C@@H]4O[C@H](CO)[C@H](O)[C@H](O)[C@H]4O)[C@H](O)[C@H]3NC(C)=O)[C@@H](O)[C@H](O[C@H]3O[C@H](CO)[C@@H](O[C@@H]4O[C@H](CO)[C@@H](O[C@@H]5O[C@H](CO)[C@H](O)[C@H](O)[C@H]5O)[C@H](O)[C@H]4NC(C)=O)[C@H](O)[C@@H]3O[C@@H]3O[C@H](CO)[C@@H](O[C@@H]4O[C@H](CO)[C@H](O)[C@H](O)[C@H]4O)[C@H](O)[C@H]3NC(C)=O)[C@@H]2O)[C@@H]1O. The maximum absolute atomic E-state index is 13.5. The minimum Gasteiger partial charge on any atom is -0.394 e. The Morgan fingerprint density at radius 3 is 0.771 bits per heavy atom. The van der Waals surface area contributed by atoms with Crippen LogP contribution in [0.2, 0.25) is 0 Å². The van der Waals surface area contributed by atoms with E-state index in [1.165, 1.54) is 6.92 Å². The van der Waals surface area contributed by atoms with Crippen LogP contribution < -0.4 is 21.3 Å². The molecule has 0 aromatic rings. The van der Waals surface area contributed by atoms with Crippen molar-refractivity contribution in [1.29, 1.82) is 0 Å². The molecule has 12 aliphatic rings. The molecular formula is C80H134N4O60. The summed E-state index contributed by atoms with van der Waals surface area (Å²) in [4.78, 5) is 53.2. The summed E-state index contributed by atoms with van der Waals surface area (Å²) >= 11 is 0. The van der Waals surface area contributed by atoms with Gasteiger partial charge in [0.05, 0.1) is 78.8 Å². The Hall–Kier alpha value is -4.36. The average molecular weight is 2110 g/mol. The summed E-state index contributed by atoms with van der Waals surface area (Å²) in [7, 11) is 0. The molecule has 0 bridgehead atoms.